The number of aromatic nitrogens is 1. The van der Waals surface area contributed by atoms with E-state index in [1.807, 2.05) is 19.9 Å². The van der Waals surface area contributed by atoms with E-state index in [1.165, 1.54) is 7.11 Å². The molecule has 0 bridgehead atoms. The second-order valence-electron chi connectivity index (χ2n) is 7.22. The highest BCUT2D eigenvalue weighted by Crippen LogP contribution is 2.28. The van der Waals surface area contributed by atoms with Gasteiger partial charge in [-0.05, 0) is 58.4 Å². The number of hydrazine groups is 1. The number of unbranched alkanes of at least 4 members (excludes halogenated alkanes) is 1. The Hall–Kier alpha value is -2.96. The largest absolute Gasteiger partial charge is 0.493 e. The topological polar surface area (TPSA) is 81.6 Å². The van der Waals surface area contributed by atoms with Crippen LogP contribution in [0.3, 0.4) is 0 Å². The van der Waals surface area contributed by atoms with E-state index in [0.717, 1.165) is 24.2 Å². The molecule has 0 unspecified atom stereocenters. The Kier molecular flexibility index (Phi) is 7.70. The van der Waals surface area contributed by atoms with Gasteiger partial charge in [0.1, 0.15) is 0 Å². The number of rotatable bonds is 8. The van der Waals surface area contributed by atoms with Crippen LogP contribution in [-0.2, 0) is 0 Å². The molecule has 7 heteroatoms. The smallest absolute Gasteiger partial charge is 0.271 e. The molecule has 0 saturated carbocycles. The van der Waals surface area contributed by atoms with Crippen molar-refractivity contribution >= 4 is 11.8 Å². The fourth-order valence-electron chi connectivity index (χ4n) is 3.31. The fraction of sp³-hybridized carbons (Fsp3) is 0.455. The van der Waals surface area contributed by atoms with Gasteiger partial charge in [-0.15, -0.1) is 0 Å². The van der Waals surface area contributed by atoms with E-state index in [-0.39, 0.29) is 11.9 Å². The van der Waals surface area contributed by atoms with Crippen molar-refractivity contribution in [2.75, 3.05) is 13.7 Å². The van der Waals surface area contributed by atoms with Gasteiger partial charge in [0.05, 0.1) is 19.3 Å². The first-order chi connectivity index (χ1) is 13.8. The Morgan fingerprint density at radius 3 is 2.34 bits per heavy atom. The highest BCUT2D eigenvalue weighted by molar-refractivity contribution is 6.00. The molecular formula is C22H31N3O4. The molecule has 1 aromatic carbocycles. The second-order valence-corrected chi connectivity index (χ2v) is 7.22. The summed E-state index contributed by atoms with van der Waals surface area (Å²) >= 11 is 0. The van der Waals surface area contributed by atoms with Crippen molar-refractivity contribution in [1.29, 1.82) is 0 Å². The average molecular weight is 402 g/mol. The number of carbonyl (C=O) groups excluding carboxylic acids is 2. The van der Waals surface area contributed by atoms with Crippen LogP contribution in [0.15, 0.2) is 24.3 Å². The van der Waals surface area contributed by atoms with Gasteiger partial charge < -0.3 is 14.0 Å². The lowest BCUT2D eigenvalue weighted by molar-refractivity contribution is 0.0846. The number of hydrogen-bond donors (Lipinski definition) is 2. The number of carbonyl (C=O) groups is 2. The molecule has 1 heterocycles. The van der Waals surface area contributed by atoms with Crippen LogP contribution in [0.5, 0.6) is 11.5 Å². The summed E-state index contributed by atoms with van der Waals surface area (Å²) in [6, 6.07) is 6.99. The summed E-state index contributed by atoms with van der Waals surface area (Å²) in [6.45, 7) is 10.6. The van der Waals surface area contributed by atoms with Crippen molar-refractivity contribution in [2.45, 2.75) is 53.5 Å². The summed E-state index contributed by atoms with van der Waals surface area (Å²) < 4.78 is 13.1. The Balaban J connectivity index is 2.05. The summed E-state index contributed by atoms with van der Waals surface area (Å²) in [5, 5.41) is 0. The number of amides is 2. The van der Waals surface area contributed by atoms with Gasteiger partial charge in [0.2, 0.25) is 0 Å². The number of methoxy groups -OCH3 is 1. The molecule has 29 heavy (non-hydrogen) atoms. The van der Waals surface area contributed by atoms with Crippen LogP contribution in [-0.4, -0.2) is 30.1 Å². The zero-order valence-corrected chi connectivity index (χ0v) is 18.1. The van der Waals surface area contributed by atoms with Crippen molar-refractivity contribution in [3.05, 3.63) is 46.8 Å². The maximum absolute atomic E-state index is 12.5. The van der Waals surface area contributed by atoms with E-state index in [4.69, 9.17) is 9.47 Å². The SMILES string of the molecule is CCCCOc1ccc(C(=O)NNC(=O)c2cc(C)n(C(C)C)c2C)cc1OC. The molecule has 2 amide bonds. The summed E-state index contributed by atoms with van der Waals surface area (Å²) in [6.07, 6.45) is 1.97. The van der Waals surface area contributed by atoms with E-state index in [2.05, 4.69) is 36.2 Å². The molecule has 7 nitrogen and oxygen atoms in total. The highest BCUT2D eigenvalue weighted by Gasteiger charge is 2.18. The zero-order chi connectivity index (χ0) is 21.6. The third-order valence-corrected chi connectivity index (χ3v) is 4.72. The molecule has 0 radical (unpaired) electrons. The van der Waals surface area contributed by atoms with E-state index >= 15 is 0 Å². The third-order valence-electron chi connectivity index (χ3n) is 4.72. The first-order valence-corrected chi connectivity index (χ1v) is 9.90. The molecule has 0 fully saturated rings. The average Bonchev–Trinajstić information content (AvgIpc) is 3.00. The van der Waals surface area contributed by atoms with E-state index in [0.29, 0.717) is 29.2 Å². The Labute approximate surface area is 172 Å². The maximum atomic E-state index is 12.5. The monoisotopic (exact) mass is 401 g/mol. The van der Waals surface area contributed by atoms with Crippen LogP contribution in [0.4, 0.5) is 0 Å². The molecule has 0 saturated heterocycles. The lowest BCUT2D eigenvalue weighted by atomic mass is 10.2. The predicted molar refractivity (Wildman–Crippen MR) is 113 cm³/mol. The number of ether oxygens (including phenoxy) is 2. The molecule has 1 aromatic heterocycles. The van der Waals surface area contributed by atoms with Gasteiger partial charge >= 0.3 is 0 Å². The standard InChI is InChI=1S/C22H31N3O4/c1-7-8-11-29-19-10-9-17(13-20(19)28-6)21(26)23-24-22(27)18-12-15(4)25(14(2)3)16(18)5/h9-10,12-14H,7-8,11H2,1-6H3,(H,23,26)(H,24,27). The van der Waals surface area contributed by atoms with Gasteiger partial charge in [-0.2, -0.15) is 0 Å². The molecular weight excluding hydrogens is 370 g/mol. The Morgan fingerprint density at radius 1 is 1.07 bits per heavy atom. The van der Waals surface area contributed by atoms with Crippen LogP contribution in [0.2, 0.25) is 0 Å². The van der Waals surface area contributed by atoms with Crippen molar-refractivity contribution in [3.8, 4) is 11.5 Å². The third kappa shape index (κ3) is 5.31. The zero-order valence-electron chi connectivity index (χ0n) is 18.1. The van der Waals surface area contributed by atoms with Gasteiger partial charge in [0, 0.05) is 23.0 Å². The predicted octanol–water partition coefficient (Wildman–Crippen LogP) is 3.95. The second kappa shape index (κ2) is 10.0. The summed E-state index contributed by atoms with van der Waals surface area (Å²) in [5.74, 6) is 0.266. The van der Waals surface area contributed by atoms with Crippen LogP contribution in [0.1, 0.15) is 71.8 Å². The van der Waals surface area contributed by atoms with Gasteiger partial charge in [-0.1, -0.05) is 13.3 Å². The molecule has 0 aliphatic heterocycles. The lowest BCUT2D eigenvalue weighted by Crippen LogP contribution is -2.41. The molecule has 0 spiro atoms. The molecule has 2 aromatic rings. The van der Waals surface area contributed by atoms with Crippen molar-refractivity contribution < 1.29 is 19.1 Å². The first kappa shape index (κ1) is 22.3. The minimum Gasteiger partial charge on any atom is -0.493 e. The first-order valence-electron chi connectivity index (χ1n) is 9.90. The summed E-state index contributed by atoms with van der Waals surface area (Å²) in [7, 11) is 1.52. The van der Waals surface area contributed by atoms with Crippen LogP contribution in [0, 0.1) is 13.8 Å². The quantitative estimate of drug-likeness (QED) is 0.518. The van der Waals surface area contributed by atoms with Crippen molar-refractivity contribution in [1.82, 2.24) is 15.4 Å². The van der Waals surface area contributed by atoms with E-state index in [9.17, 15) is 9.59 Å². The Morgan fingerprint density at radius 2 is 1.76 bits per heavy atom. The van der Waals surface area contributed by atoms with Crippen LogP contribution >= 0.6 is 0 Å². The van der Waals surface area contributed by atoms with E-state index < -0.39 is 5.91 Å². The van der Waals surface area contributed by atoms with Crippen LogP contribution in [0.25, 0.3) is 0 Å². The lowest BCUT2D eigenvalue weighted by Gasteiger charge is -2.14. The van der Waals surface area contributed by atoms with Gasteiger partial charge in [-0.25, -0.2) is 0 Å². The van der Waals surface area contributed by atoms with E-state index in [1.54, 1.807) is 18.2 Å². The highest BCUT2D eigenvalue weighted by atomic mass is 16.5. The maximum Gasteiger partial charge on any atom is 0.271 e. The fourth-order valence-corrected chi connectivity index (χ4v) is 3.31. The number of aryl methyl sites for hydroxylation is 1. The molecule has 158 valence electrons. The molecule has 0 atom stereocenters. The summed E-state index contributed by atoms with van der Waals surface area (Å²) in [4.78, 5) is 25.0. The minimum absolute atomic E-state index is 0.247. The number of nitrogens with zero attached hydrogens (tertiary/aromatic N) is 1. The van der Waals surface area contributed by atoms with Crippen molar-refractivity contribution in [3.63, 3.8) is 0 Å². The molecule has 2 rings (SSSR count). The van der Waals surface area contributed by atoms with Gasteiger partial charge in [0.15, 0.2) is 11.5 Å². The molecule has 2 N–H and O–H groups in total. The molecule has 0 aliphatic carbocycles. The van der Waals surface area contributed by atoms with Gasteiger partial charge in [0.25, 0.3) is 11.8 Å². The number of nitrogens with one attached hydrogen (secondary N) is 2. The van der Waals surface area contributed by atoms with Gasteiger partial charge in [-0.3, -0.25) is 20.4 Å². The van der Waals surface area contributed by atoms with Crippen LogP contribution < -0.4 is 20.3 Å². The Bertz CT molecular complexity index is 871. The number of benzene rings is 1. The molecule has 0 aliphatic rings. The minimum atomic E-state index is -0.436. The summed E-state index contributed by atoms with van der Waals surface area (Å²) in [5.41, 5.74) is 7.70. The normalized spacial score (nSPS) is 10.7. The number of hydrogen-bond acceptors (Lipinski definition) is 4. The van der Waals surface area contributed by atoms with Crippen molar-refractivity contribution in [2.24, 2.45) is 0 Å².